The van der Waals surface area contributed by atoms with Crippen LogP contribution in [0.4, 0.5) is 0 Å². The Hall–Kier alpha value is -1.79. The molecule has 0 saturated carbocycles. The minimum absolute atomic E-state index is 0.00507. The number of oxazole rings is 1. The molecule has 0 aliphatic rings. The van der Waals surface area contributed by atoms with Crippen LogP contribution in [0.3, 0.4) is 0 Å². The van der Waals surface area contributed by atoms with Crippen molar-refractivity contribution < 1.29 is 12.8 Å². The Balaban J connectivity index is 1.65. The van der Waals surface area contributed by atoms with E-state index in [1.807, 2.05) is 36.4 Å². The molecule has 0 unspecified atom stereocenters. The zero-order valence-electron chi connectivity index (χ0n) is 14.5. The Bertz CT molecular complexity index is 935. The summed E-state index contributed by atoms with van der Waals surface area (Å²) in [6.07, 6.45) is 0. The number of para-hydroxylation sites is 2. The Labute approximate surface area is 152 Å². The first kappa shape index (κ1) is 18.0. The smallest absolute Gasteiger partial charge is 0.256 e. The average molecular weight is 376 g/mol. The van der Waals surface area contributed by atoms with Gasteiger partial charge in [0.1, 0.15) is 5.52 Å². The van der Waals surface area contributed by atoms with Crippen molar-refractivity contribution in [2.24, 2.45) is 0 Å². The van der Waals surface area contributed by atoms with Crippen molar-refractivity contribution in [2.45, 2.75) is 36.3 Å². The van der Waals surface area contributed by atoms with Crippen molar-refractivity contribution in [1.29, 1.82) is 0 Å². The molecule has 3 aromatic rings. The fraction of sp³-hybridized carbons (Fsp3) is 0.316. The summed E-state index contributed by atoms with van der Waals surface area (Å²) in [6, 6.07) is 14.7. The second-order valence-electron chi connectivity index (χ2n) is 6.89. The maximum absolute atomic E-state index is 12.5. The molecule has 3 rings (SSSR count). The van der Waals surface area contributed by atoms with Gasteiger partial charge in [-0.2, -0.15) is 0 Å². The van der Waals surface area contributed by atoms with Gasteiger partial charge in [0.05, 0.1) is 10.6 Å². The van der Waals surface area contributed by atoms with Crippen LogP contribution in [0.1, 0.15) is 26.3 Å². The van der Waals surface area contributed by atoms with Gasteiger partial charge in [0.2, 0.25) is 0 Å². The fourth-order valence-corrected chi connectivity index (χ4v) is 4.92. The van der Waals surface area contributed by atoms with Gasteiger partial charge in [0, 0.05) is 5.75 Å². The number of aromatic nitrogens is 1. The first-order valence-electron chi connectivity index (χ1n) is 8.07. The Kier molecular flexibility index (Phi) is 4.93. The van der Waals surface area contributed by atoms with Crippen LogP contribution in [0.5, 0.6) is 0 Å². The number of sulfone groups is 1. The second kappa shape index (κ2) is 6.84. The van der Waals surface area contributed by atoms with Gasteiger partial charge >= 0.3 is 0 Å². The molecule has 0 spiro atoms. The van der Waals surface area contributed by atoms with E-state index in [0.717, 1.165) is 11.1 Å². The normalized spacial score (nSPS) is 12.6. The standard InChI is InChI=1S/C19H21NO3S2/c1-19(2,3)14-8-10-15(11-9-14)25(21,22)13-12-24-18-20-16-6-4-5-7-17(16)23-18/h4-11H,12-13H2,1-3H3. The summed E-state index contributed by atoms with van der Waals surface area (Å²) < 4.78 is 30.6. The number of nitrogens with zero attached hydrogens (tertiary/aromatic N) is 1. The molecule has 6 heteroatoms. The number of benzene rings is 2. The summed E-state index contributed by atoms with van der Waals surface area (Å²) in [5.74, 6) is 0.446. The predicted molar refractivity (Wildman–Crippen MR) is 102 cm³/mol. The molecule has 0 N–H and O–H groups in total. The highest BCUT2D eigenvalue weighted by molar-refractivity contribution is 8.00. The van der Waals surface area contributed by atoms with Crippen molar-refractivity contribution in [3.05, 3.63) is 54.1 Å². The van der Waals surface area contributed by atoms with E-state index in [-0.39, 0.29) is 11.2 Å². The zero-order chi connectivity index (χ0) is 18.1. The van der Waals surface area contributed by atoms with Crippen LogP contribution in [-0.4, -0.2) is 24.9 Å². The van der Waals surface area contributed by atoms with Crippen LogP contribution in [0, 0.1) is 0 Å². The van der Waals surface area contributed by atoms with E-state index in [1.54, 1.807) is 12.1 Å². The minimum Gasteiger partial charge on any atom is -0.431 e. The monoisotopic (exact) mass is 375 g/mol. The van der Waals surface area contributed by atoms with E-state index in [4.69, 9.17) is 4.42 Å². The molecule has 0 saturated heterocycles. The summed E-state index contributed by atoms with van der Waals surface area (Å²) in [6.45, 7) is 6.31. The molecule has 0 aliphatic heterocycles. The Morgan fingerprint density at radius 2 is 1.72 bits per heavy atom. The van der Waals surface area contributed by atoms with Crippen LogP contribution >= 0.6 is 11.8 Å². The van der Waals surface area contributed by atoms with Gasteiger partial charge in [-0.25, -0.2) is 13.4 Å². The molecule has 0 aliphatic carbocycles. The quantitative estimate of drug-likeness (QED) is 0.605. The van der Waals surface area contributed by atoms with Crippen molar-refractivity contribution in [3.63, 3.8) is 0 Å². The van der Waals surface area contributed by atoms with E-state index in [2.05, 4.69) is 25.8 Å². The molecule has 0 fully saturated rings. The number of hydrogen-bond acceptors (Lipinski definition) is 5. The minimum atomic E-state index is -3.31. The Morgan fingerprint density at radius 1 is 1.04 bits per heavy atom. The van der Waals surface area contributed by atoms with Crippen LogP contribution in [0.25, 0.3) is 11.1 Å². The highest BCUT2D eigenvalue weighted by Gasteiger charge is 2.18. The third kappa shape index (κ3) is 4.25. The predicted octanol–water partition coefficient (Wildman–Crippen LogP) is 4.69. The highest BCUT2D eigenvalue weighted by atomic mass is 32.2. The highest BCUT2D eigenvalue weighted by Crippen LogP contribution is 2.26. The molecule has 4 nitrogen and oxygen atoms in total. The first-order valence-corrected chi connectivity index (χ1v) is 10.7. The second-order valence-corrected chi connectivity index (χ2v) is 10.0. The number of fused-ring (bicyclic) bond motifs is 1. The van der Waals surface area contributed by atoms with Gasteiger partial charge in [-0.1, -0.05) is 56.8 Å². The zero-order valence-corrected chi connectivity index (χ0v) is 16.2. The molecule has 25 heavy (non-hydrogen) atoms. The summed E-state index contributed by atoms with van der Waals surface area (Å²) in [4.78, 5) is 4.71. The molecular weight excluding hydrogens is 354 g/mol. The van der Waals surface area contributed by atoms with Gasteiger partial charge in [-0.05, 0) is 35.2 Å². The van der Waals surface area contributed by atoms with E-state index in [9.17, 15) is 8.42 Å². The van der Waals surface area contributed by atoms with Crippen molar-refractivity contribution in [2.75, 3.05) is 11.5 Å². The van der Waals surface area contributed by atoms with Crippen LogP contribution < -0.4 is 0 Å². The van der Waals surface area contributed by atoms with E-state index in [0.29, 0.717) is 21.5 Å². The largest absolute Gasteiger partial charge is 0.431 e. The first-order chi connectivity index (χ1) is 11.8. The van der Waals surface area contributed by atoms with Crippen LogP contribution in [0.2, 0.25) is 0 Å². The van der Waals surface area contributed by atoms with Crippen molar-refractivity contribution in [3.8, 4) is 0 Å². The van der Waals surface area contributed by atoms with Crippen LogP contribution in [-0.2, 0) is 15.3 Å². The average Bonchev–Trinajstić information content (AvgIpc) is 2.96. The van der Waals surface area contributed by atoms with E-state index in [1.165, 1.54) is 11.8 Å². The summed E-state index contributed by atoms with van der Waals surface area (Å²) >= 11 is 1.32. The van der Waals surface area contributed by atoms with Crippen LogP contribution in [0.15, 0.2) is 63.1 Å². The molecule has 0 amide bonds. The number of hydrogen-bond donors (Lipinski definition) is 0. The fourth-order valence-electron chi connectivity index (χ4n) is 2.43. The van der Waals surface area contributed by atoms with Crippen molar-refractivity contribution in [1.82, 2.24) is 4.98 Å². The molecule has 0 bridgehead atoms. The Morgan fingerprint density at radius 3 is 2.36 bits per heavy atom. The van der Waals surface area contributed by atoms with E-state index >= 15 is 0 Å². The topological polar surface area (TPSA) is 60.2 Å². The van der Waals surface area contributed by atoms with Gasteiger partial charge in [0.15, 0.2) is 15.4 Å². The SMILES string of the molecule is CC(C)(C)c1ccc(S(=O)(=O)CCSc2nc3ccccc3o2)cc1. The lowest BCUT2D eigenvalue weighted by Gasteiger charge is -2.19. The molecule has 1 heterocycles. The molecular formula is C19H21NO3S2. The third-order valence-electron chi connectivity index (χ3n) is 3.93. The lowest BCUT2D eigenvalue weighted by molar-refractivity contribution is 0.489. The molecule has 0 radical (unpaired) electrons. The van der Waals surface area contributed by atoms with E-state index < -0.39 is 9.84 Å². The maximum atomic E-state index is 12.5. The van der Waals surface area contributed by atoms with Gasteiger partial charge in [-0.15, -0.1) is 0 Å². The van der Waals surface area contributed by atoms with Gasteiger partial charge in [0.25, 0.3) is 5.22 Å². The molecule has 2 aromatic carbocycles. The lowest BCUT2D eigenvalue weighted by Crippen LogP contribution is -2.12. The van der Waals surface area contributed by atoms with Gasteiger partial charge in [-0.3, -0.25) is 0 Å². The summed E-state index contributed by atoms with van der Waals surface area (Å²) in [7, 11) is -3.31. The summed E-state index contributed by atoms with van der Waals surface area (Å²) in [5.41, 5.74) is 2.62. The maximum Gasteiger partial charge on any atom is 0.256 e. The molecule has 1 aromatic heterocycles. The van der Waals surface area contributed by atoms with Gasteiger partial charge < -0.3 is 4.42 Å². The van der Waals surface area contributed by atoms with Crippen molar-refractivity contribution >= 4 is 32.7 Å². The molecule has 0 atom stereocenters. The molecule has 132 valence electrons. The summed E-state index contributed by atoms with van der Waals surface area (Å²) in [5, 5.41) is 0.500. The number of rotatable bonds is 5. The lowest BCUT2D eigenvalue weighted by atomic mass is 9.87. The number of thioether (sulfide) groups is 1. The third-order valence-corrected chi connectivity index (χ3v) is 6.75.